The summed E-state index contributed by atoms with van der Waals surface area (Å²) in [5.41, 5.74) is 0. The highest BCUT2D eigenvalue weighted by Gasteiger charge is 2.29. The lowest BCUT2D eigenvalue weighted by molar-refractivity contribution is 0.203. The molecule has 0 aliphatic carbocycles. The van der Waals surface area contributed by atoms with Crippen LogP contribution in [0.5, 0.6) is 0 Å². The highest BCUT2D eigenvalue weighted by atomic mass is 127. The molecule has 106 valence electrons. The summed E-state index contributed by atoms with van der Waals surface area (Å²) in [6, 6.07) is 6.94. The standard InChI is InChI=1S/C13H18INO3S/c14-12-3-5-13(6-4-12)19(17,18)15-8-1-2-11(10-15)7-9-16/h3-6,11,16H,1-2,7-10H2. The molecule has 2 rings (SSSR count). The molecule has 19 heavy (non-hydrogen) atoms. The van der Waals surface area contributed by atoms with Crippen LogP contribution in [0.2, 0.25) is 0 Å². The minimum atomic E-state index is -3.38. The Balaban J connectivity index is 2.17. The molecule has 1 unspecified atom stereocenters. The molecule has 1 aromatic carbocycles. The van der Waals surface area contributed by atoms with Gasteiger partial charge in [0.05, 0.1) is 4.90 Å². The van der Waals surface area contributed by atoms with Crippen molar-refractivity contribution in [1.82, 2.24) is 4.31 Å². The van der Waals surface area contributed by atoms with E-state index in [0.717, 1.165) is 16.4 Å². The maximum Gasteiger partial charge on any atom is 0.243 e. The van der Waals surface area contributed by atoms with E-state index in [-0.39, 0.29) is 12.5 Å². The van der Waals surface area contributed by atoms with Crippen LogP contribution in [0.1, 0.15) is 19.3 Å². The average molecular weight is 395 g/mol. The van der Waals surface area contributed by atoms with Crippen molar-refractivity contribution >= 4 is 32.6 Å². The monoisotopic (exact) mass is 395 g/mol. The summed E-state index contributed by atoms with van der Waals surface area (Å²) in [4.78, 5) is 0.359. The van der Waals surface area contributed by atoms with Crippen molar-refractivity contribution in [2.75, 3.05) is 19.7 Å². The summed E-state index contributed by atoms with van der Waals surface area (Å²) in [5.74, 6) is 0.275. The molecule has 1 atom stereocenters. The van der Waals surface area contributed by atoms with Crippen LogP contribution in [0.15, 0.2) is 29.2 Å². The van der Waals surface area contributed by atoms with Crippen molar-refractivity contribution in [3.63, 3.8) is 0 Å². The first-order chi connectivity index (χ1) is 9.04. The van der Waals surface area contributed by atoms with Crippen molar-refractivity contribution < 1.29 is 13.5 Å². The van der Waals surface area contributed by atoms with Gasteiger partial charge in [0.25, 0.3) is 0 Å². The molecule has 1 fully saturated rings. The van der Waals surface area contributed by atoms with Gasteiger partial charge in [-0.15, -0.1) is 0 Å². The first-order valence-corrected chi connectivity index (χ1v) is 8.92. The van der Waals surface area contributed by atoms with Gasteiger partial charge in [-0.1, -0.05) is 0 Å². The lowest BCUT2D eigenvalue weighted by atomic mass is 9.97. The van der Waals surface area contributed by atoms with E-state index < -0.39 is 10.0 Å². The molecule has 1 saturated heterocycles. The molecule has 6 heteroatoms. The molecule has 0 bridgehead atoms. The molecule has 1 aliphatic rings. The minimum absolute atomic E-state index is 0.127. The van der Waals surface area contributed by atoms with Crippen LogP contribution in [0.25, 0.3) is 0 Å². The van der Waals surface area contributed by atoms with Crippen molar-refractivity contribution in [1.29, 1.82) is 0 Å². The number of hydrogen-bond donors (Lipinski definition) is 1. The number of sulfonamides is 1. The normalized spacial score (nSPS) is 21.5. The van der Waals surface area contributed by atoms with Crippen LogP contribution in [0, 0.1) is 9.49 Å². The van der Waals surface area contributed by atoms with Gasteiger partial charge in [-0.2, -0.15) is 4.31 Å². The molecule has 0 amide bonds. The third kappa shape index (κ3) is 3.68. The maximum atomic E-state index is 12.5. The molecule has 0 spiro atoms. The molecule has 1 aliphatic heterocycles. The molecule has 1 N–H and O–H groups in total. The van der Waals surface area contributed by atoms with Gasteiger partial charge >= 0.3 is 0 Å². The Hall–Kier alpha value is -0.180. The topological polar surface area (TPSA) is 57.6 Å². The highest BCUT2D eigenvalue weighted by molar-refractivity contribution is 14.1. The summed E-state index contributed by atoms with van der Waals surface area (Å²) >= 11 is 2.16. The van der Waals surface area contributed by atoms with Crippen molar-refractivity contribution in [2.24, 2.45) is 5.92 Å². The molecule has 4 nitrogen and oxygen atoms in total. The summed E-state index contributed by atoms with van der Waals surface area (Å²) in [6.07, 6.45) is 2.55. The second-order valence-electron chi connectivity index (χ2n) is 4.84. The van der Waals surface area contributed by atoms with Crippen LogP contribution in [-0.2, 0) is 10.0 Å². The molecule has 0 aromatic heterocycles. The van der Waals surface area contributed by atoms with Crippen LogP contribution >= 0.6 is 22.6 Å². The van der Waals surface area contributed by atoms with E-state index in [9.17, 15) is 8.42 Å². The molecular weight excluding hydrogens is 377 g/mol. The van der Waals surface area contributed by atoms with Gasteiger partial charge in [0.15, 0.2) is 0 Å². The number of rotatable bonds is 4. The van der Waals surface area contributed by atoms with Crippen LogP contribution < -0.4 is 0 Å². The highest BCUT2D eigenvalue weighted by Crippen LogP contribution is 2.25. The SMILES string of the molecule is O=S(=O)(c1ccc(I)cc1)N1CCCC(CCO)C1. The van der Waals surface area contributed by atoms with Gasteiger partial charge in [-0.25, -0.2) is 8.42 Å². The average Bonchev–Trinajstić information content (AvgIpc) is 2.40. The number of halogens is 1. The Bertz CT molecular complexity index is 513. The van der Waals surface area contributed by atoms with Crippen LogP contribution in [0.3, 0.4) is 0 Å². The Kier molecular flexibility index (Phi) is 5.22. The molecule has 1 heterocycles. The predicted octanol–water partition coefficient (Wildman–Crippen LogP) is 2.07. The summed E-state index contributed by atoms with van der Waals surface area (Å²) in [7, 11) is -3.38. The third-order valence-corrected chi connectivity index (χ3v) is 6.07. The largest absolute Gasteiger partial charge is 0.396 e. The van der Waals surface area contributed by atoms with Crippen molar-refractivity contribution in [2.45, 2.75) is 24.2 Å². The second-order valence-corrected chi connectivity index (χ2v) is 8.02. The first kappa shape index (κ1) is 15.2. The number of aliphatic hydroxyl groups excluding tert-OH is 1. The van der Waals surface area contributed by atoms with E-state index in [4.69, 9.17) is 5.11 Å². The number of hydrogen-bond acceptors (Lipinski definition) is 3. The van der Waals surface area contributed by atoms with E-state index in [1.807, 2.05) is 12.1 Å². The quantitative estimate of drug-likeness (QED) is 0.795. The number of nitrogens with zero attached hydrogens (tertiary/aromatic N) is 1. The van der Waals surface area contributed by atoms with E-state index in [2.05, 4.69) is 22.6 Å². The Labute approximate surface area is 128 Å². The van der Waals surface area contributed by atoms with Gasteiger partial charge in [-0.05, 0) is 72.0 Å². The molecular formula is C13H18INO3S. The number of benzene rings is 1. The second kappa shape index (κ2) is 6.51. The van der Waals surface area contributed by atoms with E-state index in [0.29, 0.717) is 24.4 Å². The zero-order valence-electron chi connectivity index (χ0n) is 10.6. The lowest BCUT2D eigenvalue weighted by Crippen LogP contribution is -2.40. The van der Waals surface area contributed by atoms with E-state index in [1.54, 1.807) is 16.4 Å². The summed E-state index contributed by atoms with van der Waals surface area (Å²) < 4.78 is 27.6. The van der Waals surface area contributed by atoms with Crippen molar-refractivity contribution in [3.8, 4) is 0 Å². The predicted molar refractivity (Wildman–Crippen MR) is 82.3 cm³/mol. The Morgan fingerprint density at radius 2 is 2.00 bits per heavy atom. The van der Waals surface area contributed by atoms with Gasteiger partial charge < -0.3 is 5.11 Å². The molecule has 1 aromatic rings. The van der Waals surface area contributed by atoms with Crippen LogP contribution in [-0.4, -0.2) is 37.5 Å². The fraction of sp³-hybridized carbons (Fsp3) is 0.538. The Morgan fingerprint density at radius 1 is 1.32 bits per heavy atom. The zero-order chi connectivity index (χ0) is 13.9. The van der Waals surface area contributed by atoms with Gasteiger partial charge in [0, 0.05) is 23.3 Å². The summed E-state index contributed by atoms with van der Waals surface area (Å²) in [5, 5.41) is 8.99. The fourth-order valence-electron chi connectivity index (χ4n) is 2.42. The minimum Gasteiger partial charge on any atom is -0.396 e. The molecule has 0 saturated carbocycles. The van der Waals surface area contributed by atoms with Gasteiger partial charge in [-0.3, -0.25) is 0 Å². The van der Waals surface area contributed by atoms with Gasteiger partial charge in [0.2, 0.25) is 10.0 Å². The summed E-state index contributed by atoms with van der Waals surface area (Å²) in [6.45, 7) is 1.23. The molecule has 0 radical (unpaired) electrons. The number of piperidine rings is 1. The van der Waals surface area contributed by atoms with E-state index >= 15 is 0 Å². The third-order valence-electron chi connectivity index (χ3n) is 3.47. The van der Waals surface area contributed by atoms with Crippen LogP contribution in [0.4, 0.5) is 0 Å². The Morgan fingerprint density at radius 3 is 2.63 bits per heavy atom. The fourth-order valence-corrected chi connectivity index (χ4v) is 4.33. The van der Waals surface area contributed by atoms with E-state index in [1.165, 1.54) is 0 Å². The zero-order valence-corrected chi connectivity index (χ0v) is 13.6. The number of aliphatic hydroxyl groups is 1. The van der Waals surface area contributed by atoms with Gasteiger partial charge in [0.1, 0.15) is 0 Å². The lowest BCUT2D eigenvalue weighted by Gasteiger charge is -2.31. The maximum absolute atomic E-state index is 12.5. The van der Waals surface area contributed by atoms with Crippen molar-refractivity contribution in [3.05, 3.63) is 27.8 Å². The smallest absolute Gasteiger partial charge is 0.243 e. The first-order valence-electron chi connectivity index (χ1n) is 6.40.